The predicted molar refractivity (Wildman–Crippen MR) is 80.7 cm³/mol. The average Bonchev–Trinajstić information content (AvgIpc) is 2.42. The third-order valence-electron chi connectivity index (χ3n) is 2.77. The zero-order valence-electron chi connectivity index (χ0n) is 12.0. The minimum Gasteiger partial charge on any atom is -0.481 e. The second-order valence-corrected chi connectivity index (χ2v) is 4.73. The Morgan fingerprint density at radius 1 is 0.810 bits per heavy atom. The Morgan fingerprint density at radius 2 is 1.24 bits per heavy atom. The average molecular weight is 286 g/mol. The zero-order valence-corrected chi connectivity index (χ0v) is 12.0. The summed E-state index contributed by atoms with van der Waals surface area (Å²) in [5.74, 6) is -1.66. The molecular weight excluding hydrogens is 268 g/mol. The Kier molecular flexibility index (Phi) is 6.14. The molecule has 0 atom stereocenters. The van der Waals surface area contributed by atoms with E-state index in [9.17, 15) is 9.59 Å². The van der Waals surface area contributed by atoms with E-state index in [0.29, 0.717) is 5.56 Å². The highest BCUT2D eigenvalue weighted by Crippen LogP contribution is 2.03. The molecule has 0 bridgehead atoms. The molecule has 0 saturated heterocycles. The van der Waals surface area contributed by atoms with Crippen molar-refractivity contribution in [1.29, 1.82) is 0 Å². The molecule has 2 aromatic rings. The number of hydrogen-bond acceptors (Lipinski definition) is 2. The van der Waals surface area contributed by atoms with Crippen LogP contribution < -0.4 is 0 Å². The van der Waals surface area contributed by atoms with Gasteiger partial charge in [-0.25, -0.2) is 4.79 Å². The fraction of sp³-hybridized carbons (Fsp3) is 0.176. The Balaban J connectivity index is 0.000000211. The summed E-state index contributed by atoms with van der Waals surface area (Å²) in [4.78, 5) is 20.6. The van der Waals surface area contributed by atoms with E-state index in [1.807, 2.05) is 38.1 Å². The van der Waals surface area contributed by atoms with Crippen LogP contribution in [0.4, 0.5) is 0 Å². The van der Waals surface area contributed by atoms with Gasteiger partial charge in [-0.3, -0.25) is 4.79 Å². The fourth-order valence-corrected chi connectivity index (χ4v) is 1.58. The molecule has 0 amide bonds. The molecule has 0 fully saturated rings. The summed E-state index contributed by atoms with van der Waals surface area (Å²) < 4.78 is 0. The van der Waals surface area contributed by atoms with Crippen LogP contribution >= 0.6 is 0 Å². The highest BCUT2D eigenvalue weighted by molar-refractivity contribution is 5.87. The molecule has 2 N–H and O–H groups in total. The summed E-state index contributed by atoms with van der Waals surface area (Å²) in [7, 11) is 0. The largest absolute Gasteiger partial charge is 0.481 e. The van der Waals surface area contributed by atoms with Crippen LogP contribution in [-0.4, -0.2) is 22.2 Å². The molecular formula is C17H18O4. The first-order chi connectivity index (χ1) is 9.88. The highest BCUT2D eigenvalue weighted by Gasteiger charge is 1.99. The summed E-state index contributed by atoms with van der Waals surface area (Å²) in [5, 5.41) is 16.9. The predicted octanol–water partition coefficient (Wildman–Crippen LogP) is 3.32. The molecule has 4 heteroatoms. The minimum atomic E-state index is -0.875. The van der Waals surface area contributed by atoms with E-state index in [2.05, 4.69) is 0 Å². The van der Waals surface area contributed by atoms with E-state index in [4.69, 9.17) is 10.2 Å². The van der Waals surface area contributed by atoms with Gasteiger partial charge in [-0.2, -0.15) is 0 Å². The third-order valence-corrected chi connectivity index (χ3v) is 2.77. The van der Waals surface area contributed by atoms with Crippen LogP contribution in [0.5, 0.6) is 0 Å². The molecule has 4 nitrogen and oxygen atoms in total. The van der Waals surface area contributed by atoms with Gasteiger partial charge in [-0.1, -0.05) is 47.5 Å². The number of carboxylic acid groups (broad SMARTS) is 2. The van der Waals surface area contributed by atoms with Crippen LogP contribution in [0.3, 0.4) is 0 Å². The Bertz CT molecular complexity index is 598. The van der Waals surface area contributed by atoms with E-state index in [0.717, 1.165) is 16.7 Å². The number of aryl methyl sites for hydroxylation is 2. The summed E-state index contributed by atoms with van der Waals surface area (Å²) in [6, 6.07) is 14.3. The first-order valence-corrected chi connectivity index (χ1v) is 6.46. The van der Waals surface area contributed by atoms with Crippen molar-refractivity contribution in [3.05, 3.63) is 70.8 Å². The molecule has 0 heterocycles. The maximum Gasteiger partial charge on any atom is 0.335 e. The van der Waals surface area contributed by atoms with Gasteiger partial charge in [0.15, 0.2) is 0 Å². The number of carbonyl (C=O) groups is 2. The van der Waals surface area contributed by atoms with E-state index < -0.39 is 11.9 Å². The number of aliphatic carboxylic acids is 1. The topological polar surface area (TPSA) is 74.6 Å². The Hall–Kier alpha value is -2.62. The van der Waals surface area contributed by atoms with Gasteiger partial charge in [-0.15, -0.1) is 0 Å². The van der Waals surface area contributed by atoms with Gasteiger partial charge in [0.2, 0.25) is 0 Å². The van der Waals surface area contributed by atoms with E-state index in [1.54, 1.807) is 24.3 Å². The number of benzene rings is 2. The standard InChI is InChI=1S/C9H10O2.C8H8O2/c1-7-2-4-8(5-3-7)6-9(10)11;1-6-2-4-7(5-3-6)8(9)10/h2-5H,6H2,1H3,(H,10,11);2-5H,1H3,(H,9,10). The molecule has 0 spiro atoms. The van der Waals surface area contributed by atoms with Crippen LogP contribution in [0.25, 0.3) is 0 Å². The molecule has 0 radical (unpaired) electrons. The maximum atomic E-state index is 10.3. The van der Waals surface area contributed by atoms with Crippen molar-refractivity contribution in [2.24, 2.45) is 0 Å². The van der Waals surface area contributed by atoms with Crippen molar-refractivity contribution in [1.82, 2.24) is 0 Å². The number of rotatable bonds is 3. The smallest absolute Gasteiger partial charge is 0.335 e. The van der Waals surface area contributed by atoms with Gasteiger partial charge in [0.05, 0.1) is 12.0 Å². The second kappa shape index (κ2) is 7.85. The molecule has 0 saturated carbocycles. The van der Waals surface area contributed by atoms with Gasteiger partial charge >= 0.3 is 11.9 Å². The first-order valence-electron chi connectivity index (χ1n) is 6.46. The normalized spacial score (nSPS) is 9.43. The minimum absolute atomic E-state index is 0.111. The van der Waals surface area contributed by atoms with Crippen LogP contribution in [0, 0.1) is 13.8 Å². The van der Waals surface area contributed by atoms with E-state index in [1.165, 1.54) is 0 Å². The molecule has 0 aliphatic carbocycles. The van der Waals surface area contributed by atoms with E-state index >= 15 is 0 Å². The van der Waals surface area contributed by atoms with Crippen LogP contribution in [0.1, 0.15) is 27.0 Å². The molecule has 0 aliphatic heterocycles. The third kappa shape index (κ3) is 6.38. The van der Waals surface area contributed by atoms with Gasteiger partial charge in [-0.05, 0) is 31.5 Å². The lowest BCUT2D eigenvalue weighted by Gasteiger charge is -1.96. The van der Waals surface area contributed by atoms with Gasteiger partial charge in [0.1, 0.15) is 0 Å². The summed E-state index contributed by atoms with van der Waals surface area (Å²) in [5.41, 5.74) is 3.41. The molecule has 0 aliphatic rings. The van der Waals surface area contributed by atoms with Crippen molar-refractivity contribution in [3.63, 3.8) is 0 Å². The lowest BCUT2D eigenvalue weighted by Crippen LogP contribution is -1.99. The van der Waals surface area contributed by atoms with Gasteiger partial charge in [0.25, 0.3) is 0 Å². The summed E-state index contributed by atoms with van der Waals surface area (Å²) in [6.45, 7) is 3.90. The van der Waals surface area contributed by atoms with Crippen LogP contribution in [0.15, 0.2) is 48.5 Å². The van der Waals surface area contributed by atoms with Crippen molar-refractivity contribution in [2.45, 2.75) is 20.3 Å². The molecule has 2 aromatic carbocycles. The Morgan fingerprint density at radius 3 is 1.62 bits per heavy atom. The van der Waals surface area contributed by atoms with E-state index in [-0.39, 0.29) is 6.42 Å². The first kappa shape index (κ1) is 16.4. The Labute approximate surface area is 123 Å². The molecule has 0 aromatic heterocycles. The molecule has 0 unspecified atom stereocenters. The lowest BCUT2D eigenvalue weighted by atomic mass is 10.1. The fourth-order valence-electron chi connectivity index (χ4n) is 1.58. The summed E-state index contributed by atoms with van der Waals surface area (Å²) >= 11 is 0. The van der Waals surface area contributed by atoms with Gasteiger partial charge < -0.3 is 10.2 Å². The van der Waals surface area contributed by atoms with Crippen LogP contribution in [0.2, 0.25) is 0 Å². The lowest BCUT2D eigenvalue weighted by molar-refractivity contribution is -0.136. The SMILES string of the molecule is Cc1ccc(C(=O)O)cc1.Cc1ccc(CC(=O)O)cc1. The van der Waals surface area contributed by atoms with Gasteiger partial charge in [0, 0.05) is 0 Å². The summed E-state index contributed by atoms with van der Waals surface area (Å²) in [6.07, 6.45) is 0.111. The number of aromatic carboxylic acids is 1. The van der Waals surface area contributed by atoms with Crippen molar-refractivity contribution < 1.29 is 19.8 Å². The number of carboxylic acids is 2. The molecule has 21 heavy (non-hydrogen) atoms. The monoisotopic (exact) mass is 286 g/mol. The van der Waals surface area contributed by atoms with Crippen LogP contribution in [-0.2, 0) is 11.2 Å². The molecule has 110 valence electrons. The number of hydrogen-bond donors (Lipinski definition) is 2. The van der Waals surface area contributed by atoms with Crippen molar-refractivity contribution in [3.8, 4) is 0 Å². The maximum absolute atomic E-state index is 10.3. The van der Waals surface area contributed by atoms with Crippen molar-refractivity contribution >= 4 is 11.9 Å². The quantitative estimate of drug-likeness (QED) is 0.907. The second-order valence-electron chi connectivity index (χ2n) is 4.73. The highest BCUT2D eigenvalue weighted by atomic mass is 16.4. The molecule has 2 rings (SSSR count). The zero-order chi connectivity index (χ0) is 15.8. The van der Waals surface area contributed by atoms with Crippen molar-refractivity contribution in [2.75, 3.05) is 0 Å².